The van der Waals surface area contributed by atoms with Gasteiger partial charge in [-0.3, -0.25) is 4.79 Å². The molecule has 0 unspecified atom stereocenters. The number of likely N-dealkylation sites (tertiary alicyclic amines) is 1. The lowest BCUT2D eigenvalue weighted by molar-refractivity contribution is -0.128. The largest absolute Gasteiger partial charge is 0.357 e. The molecule has 2 heterocycles. The van der Waals surface area contributed by atoms with Gasteiger partial charge in [0.2, 0.25) is 5.91 Å². The summed E-state index contributed by atoms with van der Waals surface area (Å²) < 4.78 is 1.86. The number of carbonyl (C=O) groups is 1. The Morgan fingerprint density at radius 3 is 2.64 bits per heavy atom. The van der Waals surface area contributed by atoms with Crippen LogP contribution in [0.3, 0.4) is 0 Å². The molecule has 1 aliphatic rings. The SMILES string of the molecule is CCNC(=NCc1cccc(CN2CCCC2=O)c1)NCCc1ccc(-n2cccn2)cc1. The number of hydrogen-bond donors (Lipinski definition) is 2. The Balaban J connectivity index is 1.29. The fourth-order valence-corrected chi connectivity index (χ4v) is 3.99. The lowest BCUT2D eigenvalue weighted by Gasteiger charge is -2.16. The summed E-state index contributed by atoms with van der Waals surface area (Å²) in [5.41, 5.74) is 4.63. The van der Waals surface area contributed by atoms with E-state index >= 15 is 0 Å². The molecule has 33 heavy (non-hydrogen) atoms. The van der Waals surface area contributed by atoms with E-state index in [0.29, 0.717) is 19.5 Å². The molecule has 0 aliphatic carbocycles. The van der Waals surface area contributed by atoms with Crippen LogP contribution in [0.2, 0.25) is 0 Å². The number of carbonyl (C=O) groups excluding carboxylic acids is 1. The van der Waals surface area contributed by atoms with Gasteiger partial charge in [0.15, 0.2) is 5.96 Å². The molecule has 1 amide bonds. The first-order valence-electron chi connectivity index (χ1n) is 11.7. The minimum Gasteiger partial charge on any atom is -0.357 e. The summed E-state index contributed by atoms with van der Waals surface area (Å²) in [6, 6.07) is 18.7. The average molecular weight is 445 g/mol. The zero-order valence-corrected chi connectivity index (χ0v) is 19.2. The highest BCUT2D eigenvalue weighted by Gasteiger charge is 2.19. The Morgan fingerprint density at radius 2 is 1.91 bits per heavy atom. The lowest BCUT2D eigenvalue weighted by Crippen LogP contribution is -2.38. The van der Waals surface area contributed by atoms with Crippen molar-refractivity contribution in [3.05, 3.63) is 83.7 Å². The molecule has 2 aromatic carbocycles. The zero-order valence-electron chi connectivity index (χ0n) is 19.2. The number of aromatic nitrogens is 2. The Hall–Kier alpha value is -3.61. The maximum absolute atomic E-state index is 11.9. The molecule has 7 nitrogen and oxygen atoms in total. The molecule has 3 aromatic rings. The molecule has 4 rings (SSSR count). The van der Waals surface area contributed by atoms with Crippen LogP contribution in [0.15, 0.2) is 72.0 Å². The second-order valence-electron chi connectivity index (χ2n) is 8.23. The minimum absolute atomic E-state index is 0.257. The molecule has 1 fully saturated rings. The number of benzene rings is 2. The van der Waals surface area contributed by atoms with Gasteiger partial charge in [0.1, 0.15) is 0 Å². The third-order valence-electron chi connectivity index (χ3n) is 5.71. The van der Waals surface area contributed by atoms with Gasteiger partial charge in [-0.05, 0) is 54.7 Å². The summed E-state index contributed by atoms with van der Waals surface area (Å²) in [4.78, 5) is 18.6. The van der Waals surface area contributed by atoms with Crippen LogP contribution < -0.4 is 10.6 Å². The maximum Gasteiger partial charge on any atom is 0.222 e. The van der Waals surface area contributed by atoms with Crippen molar-refractivity contribution >= 4 is 11.9 Å². The zero-order chi connectivity index (χ0) is 22.9. The summed E-state index contributed by atoms with van der Waals surface area (Å²) in [6.45, 7) is 5.82. The number of rotatable bonds is 9. The van der Waals surface area contributed by atoms with Crippen LogP contribution in [0, 0.1) is 0 Å². The fourth-order valence-electron chi connectivity index (χ4n) is 3.99. The van der Waals surface area contributed by atoms with Crippen molar-refractivity contribution < 1.29 is 4.79 Å². The van der Waals surface area contributed by atoms with Gasteiger partial charge in [0.25, 0.3) is 0 Å². The standard InChI is InChI=1S/C26H32N6O/c1-2-27-26(28-15-13-21-9-11-24(12-10-21)32-17-5-14-30-32)29-19-22-6-3-7-23(18-22)20-31-16-4-8-25(31)33/h3,5-7,9-12,14,17-18H,2,4,8,13,15-16,19-20H2,1H3,(H2,27,28,29). The van der Waals surface area contributed by atoms with Gasteiger partial charge >= 0.3 is 0 Å². The molecule has 172 valence electrons. The molecule has 0 saturated carbocycles. The predicted octanol–water partition coefficient (Wildman–Crippen LogP) is 3.29. The first-order valence-corrected chi connectivity index (χ1v) is 11.7. The molecule has 7 heteroatoms. The van der Waals surface area contributed by atoms with Crippen LogP contribution in [0.5, 0.6) is 0 Å². The van der Waals surface area contributed by atoms with E-state index in [1.54, 1.807) is 6.20 Å². The van der Waals surface area contributed by atoms with Crippen LogP contribution in [0.25, 0.3) is 5.69 Å². The Morgan fingerprint density at radius 1 is 1.06 bits per heavy atom. The molecule has 2 N–H and O–H groups in total. The molecule has 1 aromatic heterocycles. The van der Waals surface area contributed by atoms with Crippen molar-refractivity contribution in [3.63, 3.8) is 0 Å². The number of aliphatic imine (C=N–C) groups is 1. The van der Waals surface area contributed by atoms with Crippen molar-refractivity contribution in [2.24, 2.45) is 4.99 Å². The van der Waals surface area contributed by atoms with E-state index in [0.717, 1.165) is 55.2 Å². The van der Waals surface area contributed by atoms with E-state index in [-0.39, 0.29) is 5.91 Å². The number of amides is 1. The van der Waals surface area contributed by atoms with E-state index in [2.05, 4.69) is 65.1 Å². The summed E-state index contributed by atoms with van der Waals surface area (Å²) in [5.74, 6) is 1.07. The number of hydrogen-bond acceptors (Lipinski definition) is 3. The average Bonchev–Trinajstić information content (AvgIpc) is 3.51. The molecule has 1 saturated heterocycles. The maximum atomic E-state index is 11.9. The molecule has 0 radical (unpaired) electrons. The van der Waals surface area contributed by atoms with E-state index in [1.165, 1.54) is 5.56 Å². The smallest absolute Gasteiger partial charge is 0.222 e. The first kappa shape index (κ1) is 22.6. The second-order valence-corrected chi connectivity index (χ2v) is 8.23. The molecular formula is C26H32N6O. The topological polar surface area (TPSA) is 74.6 Å². The van der Waals surface area contributed by atoms with Crippen LogP contribution >= 0.6 is 0 Å². The van der Waals surface area contributed by atoms with Crippen molar-refractivity contribution in [3.8, 4) is 5.69 Å². The third-order valence-corrected chi connectivity index (χ3v) is 5.71. The van der Waals surface area contributed by atoms with Gasteiger partial charge in [-0.1, -0.05) is 36.4 Å². The van der Waals surface area contributed by atoms with Crippen LogP contribution in [0.4, 0.5) is 0 Å². The van der Waals surface area contributed by atoms with Gasteiger partial charge in [-0.2, -0.15) is 5.10 Å². The molecule has 0 atom stereocenters. The van der Waals surface area contributed by atoms with Crippen LogP contribution in [0.1, 0.15) is 36.5 Å². The van der Waals surface area contributed by atoms with Crippen molar-refractivity contribution in [2.45, 2.75) is 39.3 Å². The Labute approximate surface area is 195 Å². The summed E-state index contributed by atoms with van der Waals surface area (Å²) in [5, 5.41) is 11.0. The van der Waals surface area contributed by atoms with Gasteiger partial charge in [0, 0.05) is 45.0 Å². The lowest BCUT2D eigenvalue weighted by atomic mass is 10.1. The summed E-state index contributed by atoms with van der Waals surface area (Å²) in [7, 11) is 0. The van der Waals surface area contributed by atoms with Crippen molar-refractivity contribution in [2.75, 3.05) is 19.6 Å². The first-order chi connectivity index (χ1) is 16.2. The third kappa shape index (κ3) is 6.44. The summed E-state index contributed by atoms with van der Waals surface area (Å²) >= 11 is 0. The van der Waals surface area contributed by atoms with Gasteiger partial charge in [-0.25, -0.2) is 9.67 Å². The van der Waals surface area contributed by atoms with Crippen LogP contribution in [-0.4, -0.2) is 46.2 Å². The van der Waals surface area contributed by atoms with Gasteiger partial charge in [0.05, 0.1) is 12.2 Å². The number of nitrogens with zero attached hydrogens (tertiary/aromatic N) is 4. The monoisotopic (exact) mass is 444 g/mol. The van der Waals surface area contributed by atoms with E-state index in [9.17, 15) is 4.79 Å². The van der Waals surface area contributed by atoms with Crippen molar-refractivity contribution in [1.29, 1.82) is 0 Å². The van der Waals surface area contributed by atoms with Gasteiger partial charge < -0.3 is 15.5 Å². The van der Waals surface area contributed by atoms with Crippen LogP contribution in [-0.2, 0) is 24.3 Å². The molecule has 1 aliphatic heterocycles. The Bertz CT molecular complexity index is 1060. The quantitative estimate of drug-likeness (QED) is 0.392. The molecule has 0 spiro atoms. The van der Waals surface area contributed by atoms with Crippen molar-refractivity contribution in [1.82, 2.24) is 25.3 Å². The molecular weight excluding hydrogens is 412 g/mol. The highest BCUT2D eigenvalue weighted by Crippen LogP contribution is 2.15. The highest BCUT2D eigenvalue weighted by atomic mass is 16.2. The fraction of sp³-hybridized carbons (Fsp3) is 0.346. The summed E-state index contributed by atoms with van der Waals surface area (Å²) in [6.07, 6.45) is 6.27. The number of nitrogens with one attached hydrogen (secondary N) is 2. The normalized spacial score (nSPS) is 14.0. The second kappa shape index (κ2) is 11.3. The van der Waals surface area contributed by atoms with E-state index in [4.69, 9.17) is 4.99 Å². The minimum atomic E-state index is 0.257. The van der Waals surface area contributed by atoms with E-state index < -0.39 is 0 Å². The van der Waals surface area contributed by atoms with E-state index in [1.807, 2.05) is 27.9 Å². The predicted molar refractivity (Wildman–Crippen MR) is 131 cm³/mol. The molecule has 0 bridgehead atoms. The highest BCUT2D eigenvalue weighted by molar-refractivity contribution is 5.79. The van der Waals surface area contributed by atoms with Gasteiger partial charge in [-0.15, -0.1) is 0 Å². The Kier molecular flexibility index (Phi) is 7.74. The number of guanidine groups is 1.